The minimum atomic E-state index is -1.37. The molecule has 0 saturated carbocycles. The fourth-order valence-corrected chi connectivity index (χ4v) is 2.57. The van der Waals surface area contributed by atoms with E-state index < -0.39 is 11.3 Å². The van der Waals surface area contributed by atoms with E-state index in [9.17, 15) is 4.21 Å². The molecule has 0 amide bonds. The molecule has 0 bridgehead atoms. The quantitative estimate of drug-likeness (QED) is 0.701. The van der Waals surface area contributed by atoms with Crippen molar-refractivity contribution in [2.24, 2.45) is 0 Å². The van der Waals surface area contributed by atoms with E-state index in [0.717, 1.165) is 5.56 Å². The molecule has 1 aromatic rings. The van der Waals surface area contributed by atoms with Crippen LogP contribution in [0.3, 0.4) is 0 Å². The summed E-state index contributed by atoms with van der Waals surface area (Å²) in [5.74, 6) is 1.39. The van der Waals surface area contributed by atoms with Gasteiger partial charge in [0.15, 0.2) is 11.5 Å². The minimum absolute atomic E-state index is 0.401. The molecule has 1 rings (SSSR count). The van der Waals surface area contributed by atoms with Crippen molar-refractivity contribution in [2.75, 3.05) is 33.9 Å². The molecule has 0 radical (unpaired) electrons. The van der Waals surface area contributed by atoms with Gasteiger partial charge in [0, 0.05) is 13.1 Å². The predicted molar refractivity (Wildman–Crippen MR) is 80.3 cm³/mol. The van der Waals surface area contributed by atoms with Gasteiger partial charge >= 0.3 is 0 Å². The molecule has 1 aromatic carbocycles. The Bertz CT molecular complexity index is 435. The Hall–Kier alpha value is -1.11. The summed E-state index contributed by atoms with van der Waals surface area (Å²) in [5.41, 5.74) is 1.05. The van der Waals surface area contributed by atoms with E-state index in [1.165, 1.54) is 0 Å². The van der Waals surface area contributed by atoms with E-state index >= 15 is 0 Å². The van der Waals surface area contributed by atoms with Gasteiger partial charge < -0.3 is 9.47 Å². The van der Waals surface area contributed by atoms with Crippen LogP contribution in [0.1, 0.15) is 19.4 Å². The van der Waals surface area contributed by atoms with Crippen molar-refractivity contribution in [3.63, 3.8) is 0 Å². The minimum Gasteiger partial charge on any atom is -0.493 e. The molecular formula is C14H23NO4S. The van der Waals surface area contributed by atoms with Crippen molar-refractivity contribution in [1.82, 2.24) is 4.31 Å². The standard InChI is InChI=1S/C14H23NO4S/c1-5-15(6-2)20(16)19-10-9-12-7-8-13(17-3)14(11-12)18-4/h7-8,11H,5-6,9-10H2,1-4H3. The number of nitrogens with zero attached hydrogens (tertiary/aromatic N) is 1. The van der Waals surface area contributed by atoms with Gasteiger partial charge in [0.25, 0.3) is 0 Å². The van der Waals surface area contributed by atoms with Gasteiger partial charge in [-0.15, -0.1) is 0 Å². The summed E-state index contributed by atoms with van der Waals surface area (Å²) in [6.07, 6.45) is 0.674. The second-order valence-electron chi connectivity index (χ2n) is 4.09. The predicted octanol–water partition coefficient (Wildman–Crippen LogP) is 2.18. The van der Waals surface area contributed by atoms with Crippen molar-refractivity contribution in [1.29, 1.82) is 0 Å². The third kappa shape index (κ3) is 4.77. The molecule has 0 aromatic heterocycles. The fourth-order valence-electron chi connectivity index (χ4n) is 1.78. The Labute approximate surface area is 123 Å². The second kappa shape index (κ2) is 8.94. The van der Waals surface area contributed by atoms with E-state index in [1.807, 2.05) is 32.0 Å². The maximum absolute atomic E-state index is 11.8. The summed E-state index contributed by atoms with van der Waals surface area (Å²) in [7, 11) is 3.21. The lowest BCUT2D eigenvalue weighted by Crippen LogP contribution is -2.27. The lowest BCUT2D eigenvalue weighted by molar-refractivity contribution is 0.311. The zero-order chi connectivity index (χ0) is 15.0. The van der Waals surface area contributed by atoms with Crippen LogP contribution in [0.25, 0.3) is 0 Å². The molecular weight excluding hydrogens is 278 g/mol. The van der Waals surface area contributed by atoms with Crippen LogP contribution < -0.4 is 9.47 Å². The zero-order valence-electron chi connectivity index (χ0n) is 12.5. The highest BCUT2D eigenvalue weighted by Gasteiger charge is 2.10. The van der Waals surface area contributed by atoms with Crippen LogP contribution >= 0.6 is 0 Å². The van der Waals surface area contributed by atoms with E-state index in [1.54, 1.807) is 18.5 Å². The molecule has 0 aliphatic heterocycles. The number of benzene rings is 1. The summed E-state index contributed by atoms with van der Waals surface area (Å²) in [4.78, 5) is 0. The Morgan fingerprint density at radius 1 is 1.10 bits per heavy atom. The first kappa shape index (κ1) is 16.9. The van der Waals surface area contributed by atoms with Gasteiger partial charge in [-0.2, -0.15) is 0 Å². The highest BCUT2D eigenvalue weighted by atomic mass is 32.2. The number of methoxy groups -OCH3 is 2. The molecule has 5 nitrogen and oxygen atoms in total. The normalized spacial score (nSPS) is 12.4. The summed E-state index contributed by atoms with van der Waals surface area (Å²) in [6, 6.07) is 5.71. The third-order valence-corrected chi connectivity index (χ3v) is 4.25. The SMILES string of the molecule is CCN(CC)S(=O)OCCc1ccc(OC)c(OC)c1. The first-order chi connectivity index (χ1) is 9.65. The van der Waals surface area contributed by atoms with Gasteiger partial charge in [-0.05, 0) is 24.1 Å². The van der Waals surface area contributed by atoms with Crippen LogP contribution in [0.4, 0.5) is 0 Å². The molecule has 0 spiro atoms. The van der Waals surface area contributed by atoms with Crippen molar-refractivity contribution < 1.29 is 17.9 Å². The molecule has 0 heterocycles. The Morgan fingerprint density at radius 2 is 1.75 bits per heavy atom. The molecule has 0 aliphatic carbocycles. The smallest absolute Gasteiger partial charge is 0.237 e. The monoisotopic (exact) mass is 301 g/mol. The van der Waals surface area contributed by atoms with E-state index in [-0.39, 0.29) is 0 Å². The van der Waals surface area contributed by atoms with Crippen molar-refractivity contribution >= 4 is 11.3 Å². The van der Waals surface area contributed by atoms with Gasteiger partial charge in [0.2, 0.25) is 11.3 Å². The van der Waals surface area contributed by atoms with E-state index in [4.69, 9.17) is 13.7 Å². The van der Waals surface area contributed by atoms with E-state index in [0.29, 0.717) is 37.6 Å². The van der Waals surface area contributed by atoms with Crippen LogP contribution in [-0.4, -0.2) is 42.4 Å². The van der Waals surface area contributed by atoms with Crippen LogP contribution in [0.2, 0.25) is 0 Å². The summed E-state index contributed by atoms with van der Waals surface area (Å²) < 4.78 is 29.3. The molecule has 0 saturated heterocycles. The van der Waals surface area contributed by atoms with Crippen LogP contribution in [-0.2, 0) is 21.9 Å². The number of hydrogen-bond donors (Lipinski definition) is 0. The van der Waals surface area contributed by atoms with Crippen molar-refractivity contribution in [3.8, 4) is 11.5 Å². The molecule has 0 aliphatic rings. The Balaban J connectivity index is 2.52. The fraction of sp³-hybridized carbons (Fsp3) is 0.571. The molecule has 1 atom stereocenters. The number of hydrogen-bond acceptors (Lipinski definition) is 4. The van der Waals surface area contributed by atoms with Gasteiger partial charge in [0.1, 0.15) is 0 Å². The van der Waals surface area contributed by atoms with Crippen molar-refractivity contribution in [2.45, 2.75) is 20.3 Å². The maximum atomic E-state index is 11.8. The summed E-state index contributed by atoms with van der Waals surface area (Å²) >= 11 is -1.37. The van der Waals surface area contributed by atoms with Crippen LogP contribution in [0.15, 0.2) is 18.2 Å². The molecule has 1 unspecified atom stereocenters. The number of rotatable bonds is 9. The summed E-state index contributed by atoms with van der Waals surface area (Å²) in [6.45, 7) is 5.73. The van der Waals surface area contributed by atoms with Gasteiger partial charge in [-0.1, -0.05) is 19.9 Å². The first-order valence-corrected chi connectivity index (χ1v) is 7.70. The highest BCUT2D eigenvalue weighted by Crippen LogP contribution is 2.27. The van der Waals surface area contributed by atoms with Crippen LogP contribution in [0, 0.1) is 0 Å². The third-order valence-electron chi connectivity index (χ3n) is 2.94. The average molecular weight is 301 g/mol. The Morgan fingerprint density at radius 3 is 2.30 bits per heavy atom. The first-order valence-electron chi connectivity index (χ1n) is 6.67. The summed E-state index contributed by atoms with van der Waals surface area (Å²) in [5, 5.41) is 0. The highest BCUT2D eigenvalue weighted by molar-refractivity contribution is 7.77. The molecule has 0 N–H and O–H groups in total. The maximum Gasteiger partial charge on any atom is 0.237 e. The molecule has 6 heteroatoms. The average Bonchev–Trinajstić information content (AvgIpc) is 2.48. The second-order valence-corrected chi connectivity index (χ2v) is 5.28. The molecule has 0 fully saturated rings. The Kier molecular flexibility index (Phi) is 7.58. The van der Waals surface area contributed by atoms with Gasteiger partial charge in [-0.25, -0.2) is 8.51 Å². The zero-order valence-corrected chi connectivity index (χ0v) is 13.4. The van der Waals surface area contributed by atoms with Crippen LogP contribution in [0.5, 0.6) is 11.5 Å². The van der Waals surface area contributed by atoms with E-state index in [2.05, 4.69) is 0 Å². The van der Waals surface area contributed by atoms with Gasteiger partial charge in [0.05, 0.1) is 20.8 Å². The number of ether oxygens (including phenoxy) is 2. The van der Waals surface area contributed by atoms with Crippen molar-refractivity contribution in [3.05, 3.63) is 23.8 Å². The molecule has 20 heavy (non-hydrogen) atoms. The van der Waals surface area contributed by atoms with Gasteiger partial charge in [-0.3, -0.25) is 4.18 Å². The largest absolute Gasteiger partial charge is 0.493 e. The molecule has 114 valence electrons. The topological polar surface area (TPSA) is 48.0 Å². The lowest BCUT2D eigenvalue weighted by Gasteiger charge is -2.16. The lowest BCUT2D eigenvalue weighted by atomic mass is 10.1.